The van der Waals surface area contributed by atoms with E-state index < -0.39 is 11.7 Å². The standard InChI is InChI=1S/C11H9F3N2S/c1-15-9-3-2-7(11(12,13)14)6-8(9)10-16-4-5-17-10/h2-6,15H,1H3. The van der Waals surface area contributed by atoms with E-state index in [1.54, 1.807) is 18.6 Å². The van der Waals surface area contributed by atoms with Gasteiger partial charge in [-0.1, -0.05) is 0 Å². The number of nitrogens with one attached hydrogen (secondary N) is 1. The molecule has 0 radical (unpaired) electrons. The monoisotopic (exact) mass is 258 g/mol. The Morgan fingerprint density at radius 1 is 1.29 bits per heavy atom. The molecule has 6 heteroatoms. The number of aromatic nitrogens is 1. The largest absolute Gasteiger partial charge is 0.416 e. The minimum atomic E-state index is -4.34. The molecule has 0 fully saturated rings. The number of benzene rings is 1. The summed E-state index contributed by atoms with van der Waals surface area (Å²) in [6.45, 7) is 0. The first-order chi connectivity index (χ1) is 8.02. The third-order valence-corrected chi connectivity index (χ3v) is 3.09. The summed E-state index contributed by atoms with van der Waals surface area (Å²) in [5, 5.41) is 5.16. The van der Waals surface area contributed by atoms with Crippen LogP contribution in [-0.4, -0.2) is 12.0 Å². The van der Waals surface area contributed by atoms with Gasteiger partial charge in [0.2, 0.25) is 0 Å². The van der Waals surface area contributed by atoms with Crippen molar-refractivity contribution in [3.63, 3.8) is 0 Å². The Bertz CT molecular complexity index is 506. The van der Waals surface area contributed by atoms with Crippen LogP contribution in [-0.2, 0) is 6.18 Å². The van der Waals surface area contributed by atoms with Crippen molar-refractivity contribution < 1.29 is 13.2 Å². The Hall–Kier alpha value is -1.56. The van der Waals surface area contributed by atoms with Crippen LogP contribution >= 0.6 is 11.3 Å². The molecule has 2 aromatic rings. The zero-order valence-electron chi connectivity index (χ0n) is 8.88. The Balaban J connectivity index is 2.55. The maximum absolute atomic E-state index is 12.6. The molecule has 0 bridgehead atoms. The van der Waals surface area contributed by atoms with Crippen LogP contribution in [0, 0.1) is 0 Å². The molecule has 1 N–H and O–H groups in total. The molecule has 0 aliphatic heterocycles. The summed E-state index contributed by atoms with van der Waals surface area (Å²) in [6, 6.07) is 3.59. The predicted octanol–water partition coefficient (Wildman–Crippen LogP) is 3.87. The minimum Gasteiger partial charge on any atom is -0.388 e. The maximum Gasteiger partial charge on any atom is 0.416 e. The van der Waals surface area contributed by atoms with Gasteiger partial charge in [0, 0.05) is 29.9 Å². The Morgan fingerprint density at radius 3 is 2.59 bits per heavy atom. The lowest BCUT2D eigenvalue weighted by molar-refractivity contribution is -0.137. The van der Waals surface area contributed by atoms with Gasteiger partial charge in [0.15, 0.2) is 0 Å². The fraction of sp³-hybridized carbons (Fsp3) is 0.182. The number of halogens is 3. The summed E-state index contributed by atoms with van der Waals surface area (Å²) in [5.74, 6) is 0. The molecule has 0 spiro atoms. The van der Waals surface area contributed by atoms with Gasteiger partial charge in [0.05, 0.1) is 5.56 Å². The van der Waals surface area contributed by atoms with Crippen molar-refractivity contribution in [1.29, 1.82) is 0 Å². The highest BCUT2D eigenvalue weighted by Gasteiger charge is 2.31. The van der Waals surface area contributed by atoms with Gasteiger partial charge in [-0.25, -0.2) is 4.98 Å². The Morgan fingerprint density at radius 2 is 2.06 bits per heavy atom. The van der Waals surface area contributed by atoms with E-state index in [1.165, 1.54) is 17.4 Å². The first-order valence-electron chi connectivity index (χ1n) is 4.81. The molecule has 17 heavy (non-hydrogen) atoms. The van der Waals surface area contributed by atoms with Crippen LogP contribution < -0.4 is 5.32 Å². The molecule has 0 aliphatic carbocycles. The third-order valence-electron chi connectivity index (χ3n) is 2.28. The normalized spacial score (nSPS) is 11.5. The van der Waals surface area contributed by atoms with Crippen molar-refractivity contribution in [3.8, 4) is 10.6 Å². The van der Waals surface area contributed by atoms with Crippen molar-refractivity contribution in [3.05, 3.63) is 35.3 Å². The number of thiazole rings is 1. The first kappa shape index (κ1) is 11.9. The van der Waals surface area contributed by atoms with E-state index in [2.05, 4.69) is 10.3 Å². The van der Waals surface area contributed by atoms with Gasteiger partial charge in [-0.3, -0.25) is 0 Å². The summed E-state index contributed by atoms with van der Waals surface area (Å²) >= 11 is 1.31. The van der Waals surface area contributed by atoms with Gasteiger partial charge >= 0.3 is 6.18 Å². The maximum atomic E-state index is 12.6. The van der Waals surface area contributed by atoms with E-state index >= 15 is 0 Å². The van der Waals surface area contributed by atoms with Crippen molar-refractivity contribution in [1.82, 2.24) is 4.98 Å². The third kappa shape index (κ3) is 2.41. The lowest BCUT2D eigenvalue weighted by atomic mass is 10.1. The number of rotatable bonds is 2. The number of hydrogen-bond donors (Lipinski definition) is 1. The molecule has 1 heterocycles. The molecular formula is C11H9F3N2S. The lowest BCUT2D eigenvalue weighted by Crippen LogP contribution is -2.05. The van der Waals surface area contributed by atoms with E-state index in [1.807, 2.05) is 0 Å². The SMILES string of the molecule is CNc1ccc(C(F)(F)F)cc1-c1nccs1. The van der Waals surface area contributed by atoms with E-state index in [0.717, 1.165) is 12.1 Å². The van der Waals surface area contributed by atoms with E-state index in [9.17, 15) is 13.2 Å². The van der Waals surface area contributed by atoms with Gasteiger partial charge < -0.3 is 5.32 Å². The average molecular weight is 258 g/mol. The molecule has 1 aromatic heterocycles. The Kier molecular flexibility index (Phi) is 3.06. The van der Waals surface area contributed by atoms with E-state index in [0.29, 0.717) is 16.3 Å². The number of anilines is 1. The van der Waals surface area contributed by atoms with Crippen molar-refractivity contribution in [2.75, 3.05) is 12.4 Å². The van der Waals surface area contributed by atoms with Crippen molar-refractivity contribution in [2.24, 2.45) is 0 Å². The fourth-order valence-corrected chi connectivity index (χ4v) is 2.14. The first-order valence-corrected chi connectivity index (χ1v) is 5.69. The molecule has 0 unspecified atom stereocenters. The molecule has 0 amide bonds. The second-order valence-corrected chi connectivity index (χ2v) is 4.24. The van der Waals surface area contributed by atoms with E-state index in [-0.39, 0.29) is 0 Å². The van der Waals surface area contributed by atoms with Gasteiger partial charge in [-0.05, 0) is 18.2 Å². The molecule has 1 aromatic carbocycles. The summed E-state index contributed by atoms with van der Waals surface area (Å²) in [6.07, 6.45) is -2.77. The Labute approximate surface area is 100 Å². The van der Waals surface area contributed by atoms with Gasteiger partial charge in [0.25, 0.3) is 0 Å². The van der Waals surface area contributed by atoms with Gasteiger partial charge in [-0.15, -0.1) is 11.3 Å². The molecule has 2 nitrogen and oxygen atoms in total. The molecule has 90 valence electrons. The number of alkyl halides is 3. The molecule has 0 atom stereocenters. The van der Waals surface area contributed by atoms with Crippen LogP contribution in [0.15, 0.2) is 29.8 Å². The number of nitrogens with zero attached hydrogens (tertiary/aromatic N) is 1. The van der Waals surface area contributed by atoms with Crippen molar-refractivity contribution >= 4 is 17.0 Å². The number of hydrogen-bond acceptors (Lipinski definition) is 3. The van der Waals surface area contributed by atoms with Crippen LogP contribution in [0.25, 0.3) is 10.6 Å². The van der Waals surface area contributed by atoms with Crippen LogP contribution in [0.5, 0.6) is 0 Å². The summed E-state index contributed by atoms with van der Waals surface area (Å²) in [7, 11) is 1.67. The van der Waals surface area contributed by atoms with Crippen LogP contribution in [0.3, 0.4) is 0 Å². The molecule has 0 saturated carbocycles. The van der Waals surface area contributed by atoms with Crippen LogP contribution in [0.4, 0.5) is 18.9 Å². The van der Waals surface area contributed by atoms with Crippen LogP contribution in [0.2, 0.25) is 0 Å². The van der Waals surface area contributed by atoms with E-state index in [4.69, 9.17) is 0 Å². The highest BCUT2D eigenvalue weighted by molar-refractivity contribution is 7.13. The summed E-state index contributed by atoms with van der Waals surface area (Å²) in [4.78, 5) is 4.03. The molecule has 0 saturated heterocycles. The topological polar surface area (TPSA) is 24.9 Å². The zero-order chi connectivity index (χ0) is 12.5. The quantitative estimate of drug-likeness (QED) is 0.884. The minimum absolute atomic E-state index is 0.470. The summed E-state index contributed by atoms with van der Waals surface area (Å²) in [5.41, 5.74) is 0.437. The zero-order valence-corrected chi connectivity index (χ0v) is 9.69. The fourth-order valence-electron chi connectivity index (χ4n) is 1.47. The average Bonchev–Trinajstić information content (AvgIpc) is 2.80. The predicted molar refractivity (Wildman–Crippen MR) is 62.1 cm³/mol. The highest BCUT2D eigenvalue weighted by Crippen LogP contribution is 2.36. The highest BCUT2D eigenvalue weighted by atomic mass is 32.1. The van der Waals surface area contributed by atoms with Gasteiger partial charge in [0.1, 0.15) is 5.01 Å². The molecule has 0 aliphatic rings. The second-order valence-electron chi connectivity index (χ2n) is 3.35. The lowest BCUT2D eigenvalue weighted by Gasteiger charge is -2.11. The second kappa shape index (κ2) is 4.37. The smallest absolute Gasteiger partial charge is 0.388 e. The van der Waals surface area contributed by atoms with Crippen molar-refractivity contribution in [2.45, 2.75) is 6.18 Å². The van der Waals surface area contributed by atoms with Crippen LogP contribution in [0.1, 0.15) is 5.56 Å². The molecule has 2 rings (SSSR count). The molecular weight excluding hydrogens is 249 g/mol. The summed E-state index contributed by atoms with van der Waals surface area (Å²) < 4.78 is 37.8. The van der Waals surface area contributed by atoms with Gasteiger partial charge in [-0.2, -0.15) is 13.2 Å².